The van der Waals surface area contributed by atoms with Crippen molar-refractivity contribution in [2.45, 2.75) is 6.92 Å². The Balaban J connectivity index is 2.93. The fourth-order valence-electron chi connectivity index (χ4n) is 1.21. The van der Waals surface area contributed by atoms with Crippen LogP contribution in [0.25, 0.3) is 11.0 Å². The van der Waals surface area contributed by atoms with Gasteiger partial charge in [0.15, 0.2) is 0 Å². The SMILES string of the molecule is Cc1c[nH]c2nc(Cl)cc(Cl)c12. The number of hydrogen-bond donors (Lipinski definition) is 1. The Labute approximate surface area is 79.5 Å². The van der Waals surface area contributed by atoms with Gasteiger partial charge in [-0.2, -0.15) is 0 Å². The molecule has 0 aliphatic carbocycles. The van der Waals surface area contributed by atoms with Gasteiger partial charge in [-0.15, -0.1) is 0 Å². The summed E-state index contributed by atoms with van der Waals surface area (Å²) < 4.78 is 0. The van der Waals surface area contributed by atoms with Gasteiger partial charge in [-0.05, 0) is 18.6 Å². The van der Waals surface area contributed by atoms with Crippen LogP contribution in [0.4, 0.5) is 0 Å². The van der Waals surface area contributed by atoms with Crippen molar-refractivity contribution in [3.05, 3.63) is 28.0 Å². The first-order valence-electron chi connectivity index (χ1n) is 3.48. The maximum atomic E-state index is 5.96. The molecule has 1 N–H and O–H groups in total. The Morgan fingerprint density at radius 3 is 2.92 bits per heavy atom. The highest BCUT2D eigenvalue weighted by atomic mass is 35.5. The molecule has 0 saturated heterocycles. The average molecular weight is 201 g/mol. The summed E-state index contributed by atoms with van der Waals surface area (Å²) >= 11 is 11.7. The van der Waals surface area contributed by atoms with Gasteiger partial charge in [0.1, 0.15) is 10.8 Å². The minimum absolute atomic E-state index is 0.411. The Kier molecular flexibility index (Phi) is 1.74. The molecule has 0 aromatic carbocycles. The fourth-order valence-corrected chi connectivity index (χ4v) is 1.80. The Morgan fingerprint density at radius 2 is 2.17 bits per heavy atom. The lowest BCUT2D eigenvalue weighted by Crippen LogP contribution is -1.78. The quantitative estimate of drug-likeness (QED) is 0.651. The summed E-state index contributed by atoms with van der Waals surface area (Å²) in [6.45, 7) is 1.97. The number of fused-ring (bicyclic) bond motifs is 1. The lowest BCUT2D eigenvalue weighted by atomic mass is 10.2. The lowest BCUT2D eigenvalue weighted by molar-refractivity contribution is 1.32. The third kappa shape index (κ3) is 1.08. The highest BCUT2D eigenvalue weighted by Gasteiger charge is 2.06. The van der Waals surface area contributed by atoms with Crippen molar-refractivity contribution in [1.82, 2.24) is 9.97 Å². The van der Waals surface area contributed by atoms with Gasteiger partial charge < -0.3 is 4.98 Å². The molecule has 0 fully saturated rings. The van der Waals surface area contributed by atoms with Crippen LogP contribution in [0.5, 0.6) is 0 Å². The van der Waals surface area contributed by atoms with E-state index in [2.05, 4.69) is 9.97 Å². The molecule has 4 heteroatoms. The van der Waals surface area contributed by atoms with Crippen molar-refractivity contribution >= 4 is 34.2 Å². The zero-order valence-corrected chi connectivity index (χ0v) is 7.87. The zero-order chi connectivity index (χ0) is 8.72. The molecular weight excluding hydrogens is 195 g/mol. The third-order valence-electron chi connectivity index (χ3n) is 1.76. The first kappa shape index (κ1) is 7.90. The molecule has 12 heavy (non-hydrogen) atoms. The van der Waals surface area contributed by atoms with E-state index in [0.29, 0.717) is 10.2 Å². The number of halogens is 2. The van der Waals surface area contributed by atoms with Crippen LogP contribution in [0, 0.1) is 6.92 Å². The van der Waals surface area contributed by atoms with E-state index in [9.17, 15) is 0 Å². The summed E-state index contributed by atoms with van der Waals surface area (Å²) in [6, 6.07) is 1.65. The van der Waals surface area contributed by atoms with Crippen molar-refractivity contribution < 1.29 is 0 Å². The number of H-pyrrole nitrogens is 1. The van der Waals surface area contributed by atoms with Crippen LogP contribution >= 0.6 is 23.2 Å². The molecule has 0 unspecified atom stereocenters. The molecule has 0 amide bonds. The van der Waals surface area contributed by atoms with Gasteiger partial charge in [0, 0.05) is 11.6 Å². The highest BCUT2D eigenvalue weighted by molar-refractivity contribution is 6.37. The number of nitrogens with one attached hydrogen (secondary N) is 1. The van der Waals surface area contributed by atoms with E-state index in [4.69, 9.17) is 23.2 Å². The highest BCUT2D eigenvalue weighted by Crippen LogP contribution is 2.27. The van der Waals surface area contributed by atoms with Gasteiger partial charge in [-0.1, -0.05) is 23.2 Å². The van der Waals surface area contributed by atoms with Gasteiger partial charge in [0.05, 0.1) is 5.02 Å². The normalized spacial score (nSPS) is 10.9. The molecule has 0 atom stereocenters. The van der Waals surface area contributed by atoms with E-state index in [1.165, 1.54) is 0 Å². The molecule has 2 rings (SSSR count). The minimum atomic E-state index is 0.411. The molecule has 0 saturated carbocycles. The number of hydrogen-bond acceptors (Lipinski definition) is 1. The molecule has 2 nitrogen and oxygen atoms in total. The van der Waals surface area contributed by atoms with Gasteiger partial charge in [0.25, 0.3) is 0 Å². The molecule has 0 bridgehead atoms. The van der Waals surface area contributed by atoms with Gasteiger partial charge in [0.2, 0.25) is 0 Å². The first-order chi connectivity index (χ1) is 5.68. The summed E-state index contributed by atoms with van der Waals surface area (Å²) in [6.07, 6.45) is 1.86. The number of aromatic amines is 1. The first-order valence-corrected chi connectivity index (χ1v) is 4.24. The summed E-state index contributed by atoms with van der Waals surface area (Å²) in [5, 5.41) is 2.00. The van der Waals surface area contributed by atoms with E-state index < -0.39 is 0 Å². The largest absolute Gasteiger partial charge is 0.346 e. The Morgan fingerprint density at radius 1 is 1.42 bits per heavy atom. The van der Waals surface area contributed by atoms with E-state index >= 15 is 0 Å². The summed E-state index contributed by atoms with van der Waals surface area (Å²) in [7, 11) is 0. The number of aryl methyl sites for hydroxylation is 1. The fraction of sp³-hybridized carbons (Fsp3) is 0.125. The molecule has 0 spiro atoms. The van der Waals surface area contributed by atoms with Crippen molar-refractivity contribution in [2.24, 2.45) is 0 Å². The molecule has 2 aromatic rings. The monoisotopic (exact) mass is 200 g/mol. The number of nitrogens with zero attached hydrogens (tertiary/aromatic N) is 1. The topological polar surface area (TPSA) is 28.7 Å². The molecule has 2 aromatic heterocycles. The van der Waals surface area contributed by atoms with Gasteiger partial charge in [-0.3, -0.25) is 0 Å². The Hall–Kier alpha value is -0.730. The molecule has 2 heterocycles. The van der Waals surface area contributed by atoms with E-state index in [-0.39, 0.29) is 0 Å². The molecule has 0 radical (unpaired) electrons. The van der Waals surface area contributed by atoms with Crippen LogP contribution in [0.2, 0.25) is 10.2 Å². The van der Waals surface area contributed by atoms with Crippen LogP contribution in [0.1, 0.15) is 5.56 Å². The second-order valence-corrected chi connectivity index (χ2v) is 3.42. The summed E-state index contributed by atoms with van der Waals surface area (Å²) in [4.78, 5) is 7.07. The van der Waals surface area contributed by atoms with Crippen LogP contribution < -0.4 is 0 Å². The minimum Gasteiger partial charge on any atom is -0.346 e. The summed E-state index contributed by atoms with van der Waals surface area (Å²) in [5.74, 6) is 0. The molecular formula is C8H6Cl2N2. The average Bonchev–Trinajstić information content (AvgIpc) is 2.31. The van der Waals surface area contributed by atoms with Crippen LogP contribution in [0.3, 0.4) is 0 Å². The molecule has 0 aliphatic heterocycles. The predicted molar refractivity (Wildman–Crippen MR) is 50.9 cm³/mol. The van der Waals surface area contributed by atoms with Crippen LogP contribution in [-0.2, 0) is 0 Å². The lowest BCUT2D eigenvalue weighted by Gasteiger charge is -1.95. The maximum absolute atomic E-state index is 5.96. The van der Waals surface area contributed by atoms with E-state index in [1.807, 2.05) is 13.1 Å². The second-order valence-electron chi connectivity index (χ2n) is 2.62. The van der Waals surface area contributed by atoms with Crippen LogP contribution in [0.15, 0.2) is 12.3 Å². The standard InChI is InChI=1S/C8H6Cl2N2/c1-4-3-11-8-7(4)5(9)2-6(10)12-8/h2-3H,1H3,(H,11,12). The van der Waals surface area contributed by atoms with Crippen molar-refractivity contribution in [2.75, 3.05) is 0 Å². The van der Waals surface area contributed by atoms with Gasteiger partial charge in [-0.25, -0.2) is 4.98 Å². The third-order valence-corrected chi connectivity index (χ3v) is 2.25. The number of pyridine rings is 1. The predicted octanol–water partition coefficient (Wildman–Crippen LogP) is 3.18. The Bertz CT molecular complexity index is 434. The number of aromatic nitrogens is 2. The molecule has 0 aliphatic rings. The van der Waals surface area contributed by atoms with E-state index in [0.717, 1.165) is 16.6 Å². The van der Waals surface area contributed by atoms with Crippen molar-refractivity contribution in [3.63, 3.8) is 0 Å². The number of rotatable bonds is 0. The molecule has 62 valence electrons. The zero-order valence-electron chi connectivity index (χ0n) is 6.36. The maximum Gasteiger partial charge on any atom is 0.140 e. The van der Waals surface area contributed by atoms with Crippen LogP contribution in [-0.4, -0.2) is 9.97 Å². The van der Waals surface area contributed by atoms with Gasteiger partial charge >= 0.3 is 0 Å². The van der Waals surface area contributed by atoms with Crippen molar-refractivity contribution in [3.8, 4) is 0 Å². The van der Waals surface area contributed by atoms with Crippen molar-refractivity contribution in [1.29, 1.82) is 0 Å². The van der Waals surface area contributed by atoms with E-state index in [1.54, 1.807) is 6.07 Å². The summed E-state index contributed by atoms with van der Waals surface area (Å²) in [5.41, 5.74) is 1.82. The smallest absolute Gasteiger partial charge is 0.140 e. The second kappa shape index (κ2) is 2.64.